The lowest BCUT2D eigenvalue weighted by atomic mass is 10.3. The normalized spacial score (nSPS) is 17.2. The summed E-state index contributed by atoms with van der Waals surface area (Å²) in [4.78, 5) is 13.8. The van der Waals surface area contributed by atoms with E-state index in [2.05, 4.69) is 19.9 Å². The van der Waals surface area contributed by atoms with Gasteiger partial charge in [-0.25, -0.2) is 9.97 Å². The van der Waals surface area contributed by atoms with Crippen LogP contribution in [0.4, 0.5) is 5.82 Å². The van der Waals surface area contributed by atoms with Crippen molar-refractivity contribution in [1.29, 1.82) is 0 Å². The van der Waals surface area contributed by atoms with E-state index in [0.29, 0.717) is 0 Å². The molecular formula is C10H14N4O. The smallest absolute Gasteiger partial charge is 0.142 e. The Morgan fingerprint density at radius 3 is 3.07 bits per heavy atom. The second-order valence-electron chi connectivity index (χ2n) is 3.54. The molecular weight excluding hydrogens is 192 g/mol. The van der Waals surface area contributed by atoms with Crippen molar-refractivity contribution >= 4 is 16.9 Å². The number of aromatic nitrogens is 3. The van der Waals surface area contributed by atoms with E-state index >= 15 is 0 Å². The van der Waals surface area contributed by atoms with Gasteiger partial charge in [-0.3, -0.25) is 0 Å². The molecule has 5 nitrogen and oxygen atoms in total. The second kappa shape index (κ2) is 3.51. The van der Waals surface area contributed by atoms with E-state index in [-0.39, 0.29) is 1.43 Å². The van der Waals surface area contributed by atoms with E-state index in [0.717, 1.165) is 43.2 Å². The Kier molecular flexibility index (Phi) is 2.03. The fraction of sp³-hybridized carbons (Fsp3) is 0.400. The van der Waals surface area contributed by atoms with Crippen LogP contribution in [0.5, 0.6) is 0 Å². The molecule has 15 heavy (non-hydrogen) atoms. The lowest BCUT2D eigenvalue weighted by Gasteiger charge is -2.27. The van der Waals surface area contributed by atoms with Crippen molar-refractivity contribution in [1.82, 2.24) is 15.0 Å². The second-order valence-corrected chi connectivity index (χ2v) is 3.54. The van der Waals surface area contributed by atoms with Crippen molar-refractivity contribution in [2.24, 2.45) is 0 Å². The topological polar surface area (TPSA) is 54.0 Å². The Bertz CT molecular complexity index is 467. The molecule has 80 valence electrons. The van der Waals surface area contributed by atoms with Crippen LogP contribution < -0.4 is 4.90 Å². The summed E-state index contributed by atoms with van der Waals surface area (Å²) in [5.74, 6) is 1.00. The molecule has 0 amide bonds. The lowest BCUT2D eigenvalue weighted by Crippen LogP contribution is -2.36. The molecule has 0 radical (unpaired) electrons. The third kappa shape index (κ3) is 1.45. The largest absolute Gasteiger partial charge is 0.378 e. The summed E-state index contributed by atoms with van der Waals surface area (Å²) in [6.45, 7) is 3.35. The third-order valence-electron chi connectivity index (χ3n) is 2.64. The van der Waals surface area contributed by atoms with Crippen LogP contribution >= 0.6 is 0 Å². The van der Waals surface area contributed by atoms with Crippen LogP contribution in [0.25, 0.3) is 11.0 Å². The molecule has 0 spiro atoms. The van der Waals surface area contributed by atoms with Crippen LogP contribution in [0.3, 0.4) is 0 Å². The number of ether oxygens (including phenoxy) is 1. The molecule has 2 aromatic heterocycles. The molecule has 1 aliphatic heterocycles. The first kappa shape index (κ1) is 8.67. The van der Waals surface area contributed by atoms with E-state index in [1.165, 1.54) is 0 Å². The van der Waals surface area contributed by atoms with Gasteiger partial charge in [0.25, 0.3) is 0 Å². The summed E-state index contributed by atoms with van der Waals surface area (Å²) in [5.41, 5.74) is 0.895. The molecule has 0 unspecified atom stereocenters. The Hall–Kier alpha value is -1.62. The average Bonchev–Trinajstić information content (AvgIpc) is 2.78. The van der Waals surface area contributed by atoms with Crippen LogP contribution in [0.2, 0.25) is 0 Å². The summed E-state index contributed by atoms with van der Waals surface area (Å²) in [6.07, 6.45) is 3.49. The quantitative estimate of drug-likeness (QED) is 0.757. The fourth-order valence-corrected chi connectivity index (χ4v) is 1.89. The summed E-state index contributed by atoms with van der Waals surface area (Å²) in [7, 11) is 0. The molecule has 3 heterocycles. The lowest BCUT2D eigenvalue weighted by molar-refractivity contribution is 0.122. The minimum atomic E-state index is 0. The number of nitrogens with one attached hydrogen (secondary N) is 1. The van der Waals surface area contributed by atoms with E-state index in [4.69, 9.17) is 4.74 Å². The van der Waals surface area contributed by atoms with Crippen molar-refractivity contribution < 1.29 is 6.16 Å². The van der Waals surface area contributed by atoms with Gasteiger partial charge < -0.3 is 14.6 Å². The van der Waals surface area contributed by atoms with Crippen LogP contribution in [0.1, 0.15) is 1.43 Å². The van der Waals surface area contributed by atoms with Crippen LogP contribution in [0, 0.1) is 0 Å². The van der Waals surface area contributed by atoms with Gasteiger partial charge in [-0.2, -0.15) is 0 Å². The van der Waals surface area contributed by atoms with E-state index < -0.39 is 0 Å². The van der Waals surface area contributed by atoms with Crippen molar-refractivity contribution in [2.45, 2.75) is 0 Å². The number of aromatic amines is 1. The van der Waals surface area contributed by atoms with Gasteiger partial charge in [-0.15, -0.1) is 0 Å². The van der Waals surface area contributed by atoms with Gasteiger partial charge >= 0.3 is 0 Å². The number of hydrogen-bond acceptors (Lipinski definition) is 4. The number of anilines is 1. The number of H-pyrrole nitrogens is 1. The van der Waals surface area contributed by atoms with Gasteiger partial charge in [-0.05, 0) is 6.07 Å². The minimum Gasteiger partial charge on any atom is -0.378 e. The van der Waals surface area contributed by atoms with Gasteiger partial charge in [0.1, 0.15) is 17.8 Å². The molecule has 0 atom stereocenters. The van der Waals surface area contributed by atoms with Gasteiger partial charge in [0.15, 0.2) is 0 Å². The van der Waals surface area contributed by atoms with Crippen molar-refractivity contribution in [3.05, 3.63) is 18.6 Å². The highest BCUT2D eigenvalue weighted by molar-refractivity contribution is 5.87. The van der Waals surface area contributed by atoms with E-state index in [1.54, 1.807) is 6.33 Å². The first-order valence-electron chi connectivity index (χ1n) is 5.06. The standard InChI is InChI=1S/C10H12N4O.H2/c1-2-11-9-8(1)10(13-7-12-9)14-3-5-15-6-4-14;/h1-2,7H,3-6H2,(H,11,12,13);1H. The first-order valence-corrected chi connectivity index (χ1v) is 5.06. The Morgan fingerprint density at radius 1 is 1.33 bits per heavy atom. The third-order valence-corrected chi connectivity index (χ3v) is 2.64. The molecule has 3 rings (SSSR count). The van der Waals surface area contributed by atoms with E-state index in [9.17, 15) is 0 Å². The van der Waals surface area contributed by atoms with Gasteiger partial charge in [0.05, 0.1) is 18.6 Å². The minimum absolute atomic E-state index is 0. The summed E-state index contributed by atoms with van der Waals surface area (Å²) in [5, 5.41) is 1.08. The maximum Gasteiger partial charge on any atom is 0.142 e. The Labute approximate surface area is 88.6 Å². The number of rotatable bonds is 1. The zero-order valence-corrected chi connectivity index (χ0v) is 8.31. The number of hydrogen-bond donors (Lipinski definition) is 1. The van der Waals surface area contributed by atoms with Crippen LogP contribution in [0.15, 0.2) is 18.6 Å². The molecule has 1 saturated heterocycles. The summed E-state index contributed by atoms with van der Waals surface area (Å²) < 4.78 is 5.32. The SMILES string of the molecule is [HH].c1nc(N2CCOCC2)c2cc[nH]c2n1. The molecule has 1 fully saturated rings. The zero-order chi connectivity index (χ0) is 10.1. The maximum atomic E-state index is 5.32. The molecule has 0 saturated carbocycles. The Morgan fingerprint density at radius 2 is 2.20 bits per heavy atom. The zero-order valence-electron chi connectivity index (χ0n) is 8.31. The molecule has 0 bridgehead atoms. The molecule has 1 aliphatic rings. The van der Waals surface area contributed by atoms with Crippen molar-refractivity contribution in [3.8, 4) is 0 Å². The molecule has 1 N–H and O–H groups in total. The highest BCUT2D eigenvalue weighted by atomic mass is 16.5. The first-order chi connectivity index (χ1) is 7.45. The predicted molar refractivity (Wildman–Crippen MR) is 59.0 cm³/mol. The molecule has 5 heteroatoms. The van der Waals surface area contributed by atoms with Crippen LogP contribution in [-0.4, -0.2) is 41.3 Å². The van der Waals surface area contributed by atoms with E-state index in [1.807, 2.05) is 12.3 Å². The van der Waals surface area contributed by atoms with Gasteiger partial charge in [0, 0.05) is 20.7 Å². The molecule has 0 aliphatic carbocycles. The summed E-state index contributed by atoms with van der Waals surface area (Å²) >= 11 is 0. The van der Waals surface area contributed by atoms with Crippen molar-refractivity contribution in [2.75, 3.05) is 31.2 Å². The number of fused-ring (bicyclic) bond motifs is 1. The van der Waals surface area contributed by atoms with Crippen LogP contribution in [-0.2, 0) is 4.74 Å². The highest BCUT2D eigenvalue weighted by Crippen LogP contribution is 2.22. The average molecular weight is 206 g/mol. The van der Waals surface area contributed by atoms with Gasteiger partial charge in [0.2, 0.25) is 0 Å². The summed E-state index contributed by atoms with van der Waals surface area (Å²) in [6, 6.07) is 2.01. The van der Waals surface area contributed by atoms with Crippen molar-refractivity contribution in [3.63, 3.8) is 0 Å². The predicted octanol–water partition coefficient (Wildman–Crippen LogP) is 1.04. The monoisotopic (exact) mass is 206 g/mol. The molecule has 0 aromatic carbocycles. The molecule has 2 aromatic rings. The van der Waals surface area contributed by atoms with Gasteiger partial charge in [-0.1, -0.05) is 0 Å². The Balaban J connectivity index is 0.000000963. The highest BCUT2D eigenvalue weighted by Gasteiger charge is 2.15. The number of nitrogens with zero attached hydrogens (tertiary/aromatic N) is 3. The maximum absolute atomic E-state index is 5.32. The number of morpholine rings is 1. The fourth-order valence-electron chi connectivity index (χ4n) is 1.89.